The zero-order chi connectivity index (χ0) is 58.9. The Kier molecular flexibility index (Phi) is 15.2. The van der Waals surface area contributed by atoms with Crippen molar-refractivity contribution in [1.29, 1.82) is 0 Å². The van der Waals surface area contributed by atoms with Gasteiger partial charge in [0.05, 0.1) is 58.1 Å². The number of hydrogen-bond donors (Lipinski definition) is 4. The number of nitro benzene ring substituents is 1. The van der Waals surface area contributed by atoms with Crippen LogP contribution in [0.2, 0.25) is 0 Å². The molecular weight excluding hydrogens is 1110 g/mol. The van der Waals surface area contributed by atoms with Crippen LogP contribution in [0.4, 0.5) is 37.2 Å². The summed E-state index contributed by atoms with van der Waals surface area (Å²) in [5, 5.41) is 26.9. The normalized spacial score (nSPS) is 25.3. The monoisotopic (exact) mass is 1190 g/mol. The number of amides is 1. The molecule has 7 heterocycles. The van der Waals surface area contributed by atoms with Gasteiger partial charge in [0.2, 0.25) is 5.88 Å². The van der Waals surface area contributed by atoms with E-state index in [1.165, 1.54) is 24.3 Å². The largest absolute Gasteiger partial charge is 0.493 e. The first-order chi connectivity index (χ1) is 40.9. The molecule has 13 rings (SSSR count). The highest BCUT2D eigenvalue weighted by Gasteiger charge is 2.51. The lowest BCUT2D eigenvalue weighted by molar-refractivity contribution is -0.384. The molecule has 19 nitrogen and oxygen atoms in total. The van der Waals surface area contributed by atoms with Gasteiger partial charge in [-0.3, -0.25) is 24.7 Å². The van der Waals surface area contributed by atoms with E-state index in [1.54, 1.807) is 12.3 Å². The number of nitrogens with zero attached hydrogens (tertiary/aromatic N) is 6. The highest BCUT2D eigenvalue weighted by Crippen LogP contribution is 2.55. The summed E-state index contributed by atoms with van der Waals surface area (Å²) in [4.78, 5) is 43.7. The molecule has 450 valence electrons. The smallest absolute Gasteiger partial charge is 0.293 e. The van der Waals surface area contributed by atoms with Gasteiger partial charge in [-0.2, -0.15) is 4.98 Å². The second kappa shape index (κ2) is 22.6. The number of nitrogens with one attached hydrogen (secondary N) is 3. The van der Waals surface area contributed by atoms with Crippen LogP contribution in [0.25, 0.3) is 11.0 Å². The molecule has 7 aliphatic rings. The van der Waals surface area contributed by atoms with Crippen LogP contribution in [0.5, 0.6) is 17.4 Å². The summed E-state index contributed by atoms with van der Waals surface area (Å²) < 4.78 is 84.9. The predicted molar refractivity (Wildman–Crippen MR) is 316 cm³/mol. The average molecular weight is 1190 g/mol. The molecule has 1 amide bonds. The van der Waals surface area contributed by atoms with E-state index in [2.05, 4.69) is 46.8 Å². The van der Waals surface area contributed by atoms with Crippen LogP contribution in [0.1, 0.15) is 119 Å². The van der Waals surface area contributed by atoms with Crippen LogP contribution < -0.4 is 34.0 Å². The number of H-pyrrole nitrogens is 1. The average Bonchev–Trinajstić information content (AvgIpc) is 1.97. The Balaban J connectivity index is 0.762. The number of aromatic amines is 1. The number of sulfonamides is 1. The van der Waals surface area contributed by atoms with E-state index in [0.29, 0.717) is 92.2 Å². The maximum absolute atomic E-state index is 14.9. The lowest BCUT2D eigenvalue weighted by Gasteiger charge is -2.59. The molecule has 6 aromatic rings. The van der Waals surface area contributed by atoms with Gasteiger partial charge in [0.25, 0.3) is 21.6 Å². The molecule has 0 bridgehead atoms. The number of piperazine rings is 1. The number of aromatic nitrogens is 2. The molecule has 2 aromatic heterocycles. The van der Waals surface area contributed by atoms with Gasteiger partial charge in [0.1, 0.15) is 34.6 Å². The molecule has 5 aliphatic heterocycles. The number of rotatable bonds is 14. The first kappa shape index (κ1) is 57.0. The maximum atomic E-state index is 14.9. The molecular formula is C63H73F2N9O10S. The third-order valence-corrected chi connectivity index (χ3v) is 20.5. The number of hydrogen-bond acceptors (Lipinski definition) is 16. The number of aliphatic hydroxyl groups is 1. The highest BCUT2D eigenvalue weighted by molar-refractivity contribution is 7.90. The van der Waals surface area contributed by atoms with Gasteiger partial charge in [-0.25, -0.2) is 21.9 Å². The molecule has 85 heavy (non-hydrogen) atoms. The summed E-state index contributed by atoms with van der Waals surface area (Å²) in [5.41, 5.74) is 3.48. The first-order valence-corrected chi connectivity index (χ1v) is 31.5. The Morgan fingerprint density at radius 2 is 1.69 bits per heavy atom. The number of nitro groups is 1. The van der Waals surface area contributed by atoms with E-state index in [4.69, 9.17) is 23.9 Å². The second-order valence-corrected chi connectivity index (χ2v) is 26.7. The molecule has 1 spiro atoms. The van der Waals surface area contributed by atoms with E-state index < -0.39 is 54.8 Å². The van der Waals surface area contributed by atoms with Gasteiger partial charge in [-0.1, -0.05) is 18.2 Å². The second-order valence-electron chi connectivity index (χ2n) is 25.0. The van der Waals surface area contributed by atoms with Crippen LogP contribution in [0.3, 0.4) is 0 Å². The summed E-state index contributed by atoms with van der Waals surface area (Å²) in [5.74, 6) is -0.951. The number of pyridine rings is 1. The van der Waals surface area contributed by atoms with E-state index in [0.717, 1.165) is 93.2 Å². The van der Waals surface area contributed by atoms with Crippen LogP contribution in [0.15, 0.2) is 96.0 Å². The van der Waals surface area contributed by atoms with E-state index in [9.17, 15) is 37.2 Å². The van der Waals surface area contributed by atoms with Crippen molar-refractivity contribution in [2.24, 2.45) is 11.3 Å². The molecule has 2 aliphatic carbocycles. The van der Waals surface area contributed by atoms with Crippen LogP contribution >= 0.6 is 0 Å². The van der Waals surface area contributed by atoms with Crippen LogP contribution in [-0.4, -0.2) is 133 Å². The minimum Gasteiger partial charge on any atom is -0.493 e. The molecule has 22 heteroatoms. The summed E-state index contributed by atoms with van der Waals surface area (Å²) in [7, 11) is -4.67. The summed E-state index contributed by atoms with van der Waals surface area (Å²) >= 11 is 0. The first-order valence-electron chi connectivity index (χ1n) is 30.0. The topological polar surface area (TPSA) is 217 Å². The number of carbonyl (C=O) groups is 1. The molecule has 4 aromatic carbocycles. The molecule has 5 fully saturated rings. The van der Waals surface area contributed by atoms with Gasteiger partial charge in [-0.05, 0) is 144 Å². The van der Waals surface area contributed by atoms with Gasteiger partial charge in [0.15, 0.2) is 11.6 Å². The van der Waals surface area contributed by atoms with Crippen molar-refractivity contribution >= 4 is 55.4 Å². The number of para-hydroxylation sites is 1. The lowest BCUT2D eigenvalue weighted by Crippen LogP contribution is -2.60. The molecule has 4 atom stereocenters. The van der Waals surface area contributed by atoms with Crippen molar-refractivity contribution in [3.8, 4) is 17.4 Å². The summed E-state index contributed by atoms with van der Waals surface area (Å²) in [6.45, 7) is 11.1. The number of fused-ring (bicyclic) bond motifs is 4. The number of anilines is 4. The van der Waals surface area contributed by atoms with Crippen molar-refractivity contribution in [3.05, 3.63) is 130 Å². The van der Waals surface area contributed by atoms with Crippen LogP contribution in [0, 0.1) is 33.1 Å². The standard InChI is InChI=1S/C63H73F2N9O10S/c1-38(2)83-56-7-5-4-6-44(56)55-36-71(50-16-27-82-57-32-48(65)47(64)31-46(50)57)24-25-72(55)42-33-63(34-42)19-22-70(23-20-63)41-8-10-45(52(29-41)73-51-15-26-81-37-58(51)84-61-54(73)28-40-14-21-66-59(40)68-61)60(75)69-85(79,80)43-9-11-49(53(30-43)74(77)78)67-35-39-12-17-62(3,76)18-13-39/h4-11,14,21,28-32,38-39,42,50-51,55,58,67,76H,12-13,15-20,22-27,33-37H2,1-3H3,(H,66,68)(H,69,75)/t39-,50-,51-,55+,58-,62-/m0/s1. The number of benzene rings is 4. The molecule has 0 radical (unpaired) electrons. The fourth-order valence-electron chi connectivity index (χ4n) is 14.5. The lowest BCUT2D eigenvalue weighted by atomic mass is 9.59. The van der Waals surface area contributed by atoms with Crippen molar-refractivity contribution in [2.45, 2.75) is 132 Å². The number of carbonyl (C=O) groups excluding carboxylic acids is 1. The quantitative estimate of drug-likeness (QED) is 0.0589. The van der Waals surface area contributed by atoms with Crippen molar-refractivity contribution in [2.75, 3.05) is 74.2 Å². The van der Waals surface area contributed by atoms with Crippen molar-refractivity contribution in [1.82, 2.24) is 24.5 Å². The third kappa shape index (κ3) is 11.2. The van der Waals surface area contributed by atoms with Gasteiger partial charge >= 0.3 is 0 Å². The molecule has 0 unspecified atom stereocenters. The zero-order valence-corrected chi connectivity index (χ0v) is 48.9. The Bertz CT molecular complexity index is 3630. The summed E-state index contributed by atoms with van der Waals surface area (Å²) in [6, 6.07) is 23.5. The third-order valence-electron chi connectivity index (χ3n) is 19.1. The predicted octanol–water partition coefficient (Wildman–Crippen LogP) is 10.3. The summed E-state index contributed by atoms with van der Waals surface area (Å²) in [6.07, 6.45) is 9.09. The van der Waals surface area contributed by atoms with E-state index in [-0.39, 0.29) is 53.4 Å². The minimum absolute atomic E-state index is 0.0185. The van der Waals surface area contributed by atoms with Gasteiger partial charge < -0.3 is 44.2 Å². The number of piperidine rings is 1. The molecule has 4 N–H and O–H groups in total. The highest BCUT2D eigenvalue weighted by atomic mass is 32.2. The van der Waals surface area contributed by atoms with E-state index >= 15 is 0 Å². The van der Waals surface area contributed by atoms with Crippen molar-refractivity contribution < 1.29 is 51.0 Å². The Hall–Kier alpha value is -7.11. The maximum Gasteiger partial charge on any atom is 0.293 e. The van der Waals surface area contributed by atoms with Crippen molar-refractivity contribution in [3.63, 3.8) is 0 Å². The fraction of sp³-hybridized carbons (Fsp3) is 0.492. The van der Waals surface area contributed by atoms with E-state index in [1.807, 2.05) is 57.2 Å². The Morgan fingerprint density at radius 3 is 2.48 bits per heavy atom. The number of halogens is 2. The molecule has 3 saturated heterocycles. The van der Waals surface area contributed by atoms with Gasteiger partial charge in [0, 0.05) is 105 Å². The Morgan fingerprint density at radius 1 is 0.906 bits per heavy atom. The molecule has 2 saturated carbocycles. The fourth-order valence-corrected chi connectivity index (χ4v) is 15.5. The van der Waals surface area contributed by atoms with Crippen LogP contribution in [-0.2, 0) is 14.8 Å². The van der Waals surface area contributed by atoms with Gasteiger partial charge in [-0.15, -0.1) is 0 Å². The SMILES string of the molecule is CC(C)Oc1ccccc1[C@H]1CN([C@H]2CCOc3cc(F)c(F)cc32)CCN1C1CC2(CCN(c3ccc(C(=O)NS(=O)(=O)c4ccc(NC[C@H]5CC[C@](C)(O)CC5)c([N+](=O)[O-])c4)c(N4c5cc6cc[nH]c6nc5O[C@H]5COCC[C@@H]54)c3)CC2)C1. The number of ether oxygens (including phenoxy) is 4. The minimum atomic E-state index is -4.67. The Labute approximate surface area is 493 Å². The zero-order valence-electron chi connectivity index (χ0n) is 48.1.